The van der Waals surface area contributed by atoms with E-state index in [0.29, 0.717) is 5.56 Å². The number of thiophene rings is 1. The zero-order chi connectivity index (χ0) is 14.0. The fourth-order valence-corrected chi connectivity index (χ4v) is 2.96. The van der Waals surface area contributed by atoms with E-state index in [9.17, 15) is 8.78 Å². The van der Waals surface area contributed by atoms with Crippen LogP contribution >= 0.6 is 23.6 Å². The van der Waals surface area contributed by atoms with Crippen LogP contribution in [0, 0.1) is 16.0 Å². The van der Waals surface area contributed by atoms with Gasteiger partial charge in [0.05, 0.1) is 11.3 Å². The number of halogens is 2. The van der Waals surface area contributed by atoms with Crippen LogP contribution in [0.4, 0.5) is 8.78 Å². The van der Waals surface area contributed by atoms with E-state index < -0.39 is 6.43 Å². The second-order valence-electron chi connectivity index (χ2n) is 3.87. The average Bonchev–Trinajstić information content (AvgIpc) is 2.86. The number of hydrogen-bond acceptors (Lipinski definition) is 3. The highest BCUT2D eigenvalue weighted by Crippen LogP contribution is 2.33. The molecule has 2 aromatic heterocycles. The predicted molar refractivity (Wildman–Crippen MR) is 74.0 cm³/mol. The van der Waals surface area contributed by atoms with Gasteiger partial charge in [0.1, 0.15) is 10.7 Å². The molecule has 1 N–H and O–H groups in total. The van der Waals surface area contributed by atoms with Gasteiger partial charge in [-0.05, 0) is 24.6 Å². The number of nitrogens with zero attached hydrogens (tertiary/aromatic N) is 1. The summed E-state index contributed by atoms with van der Waals surface area (Å²) in [4.78, 5) is 4.33. The van der Waals surface area contributed by atoms with Crippen molar-refractivity contribution in [2.45, 2.75) is 19.8 Å². The lowest BCUT2D eigenvalue weighted by Gasteiger charge is -2.06. The first kappa shape index (κ1) is 13.8. The van der Waals surface area contributed by atoms with Gasteiger partial charge in [-0.1, -0.05) is 19.1 Å². The van der Waals surface area contributed by atoms with Crippen LogP contribution in [0.5, 0.6) is 0 Å². The molecule has 0 aliphatic heterocycles. The predicted octanol–water partition coefficient (Wildman–Crippen LogP) is 4.84. The maximum Gasteiger partial charge on any atom is 0.278 e. The third kappa shape index (κ3) is 2.72. The lowest BCUT2D eigenvalue weighted by molar-refractivity contribution is 0.146. The van der Waals surface area contributed by atoms with E-state index in [4.69, 9.17) is 17.5 Å². The minimum atomic E-state index is -2.64. The Morgan fingerprint density at radius 3 is 2.74 bits per heavy atom. The van der Waals surface area contributed by atoms with Crippen LogP contribution in [0.1, 0.15) is 29.5 Å². The Kier molecular flexibility index (Phi) is 4.08. The van der Waals surface area contributed by atoms with Gasteiger partial charge in [0.15, 0.2) is 0 Å². The number of nitrogens with one attached hydrogen (secondary N) is 1. The fraction of sp³-hybridized carbons (Fsp3) is 0.231. The molecule has 2 rings (SSSR count). The van der Waals surface area contributed by atoms with Crippen LogP contribution in [-0.2, 0) is 6.42 Å². The monoisotopic (exact) mass is 296 g/mol. The molecule has 0 fully saturated rings. The zero-order valence-electron chi connectivity index (χ0n) is 10.0. The number of hydrogen-bond donors (Lipinski definition) is 1. The smallest absolute Gasteiger partial charge is 0.278 e. The van der Waals surface area contributed by atoms with Crippen LogP contribution in [0.3, 0.4) is 0 Å². The van der Waals surface area contributed by atoms with Crippen molar-refractivity contribution >= 4 is 23.6 Å². The number of aromatic amines is 1. The van der Waals surface area contributed by atoms with Gasteiger partial charge < -0.3 is 4.98 Å². The van der Waals surface area contributed by atoms with Crippen molar-refractivity contribution in [3.8, 4) is 16.5 Å². The van der Waals surface area contributed by atoms with Crippen molar-refractivity contribution in [2.75, 3.05) is 0 Å². The molecular weight excluding hydrogens is 286 g/mol. The lowest BCUT2D eigenvalue weighted by Crippen LogP contribution is -1.95. The number of aromatic nitrogens is 1. The van der Waals surface area contributed by atoms with Crippen molar-refractivity contribution in [3.05, 3.63) is 39.0 Å². The Balaban J connectivity index is 2.66. The van der Waals surface area contributed by atoms with Crippen LogP contribution in [0.25, 0.3) is 10.4 Å². The molecular formula is C13H10F2N2S2. The Morgan fingerprint density at radius 1 is 1.47 bits per heavy atom. The third-order valence-electron chi connectivity index (χ3n) is 2.68. The van der Waals surface area contributed by atoms with Gasteiger partial charge in [0.25, 0.3) is 6.43 Å². The van der Waals surface area contributed by atoms with Crippen molar-refractivity contribution in [1.82, 2.24) is 4.98 Å². The van der Waals surface area contributed by atoms with Gasteiger partial charge in [-0.2, -0.15) is 5.26 Å². The highest BCUT2D eigenvalue weighted by Gasteiger charge is 2.15. The molecule has 0 saturated carbocycles. The van der Waals surface area contributed by atoms with Crippen LogP contribution in [-0.4, -0.2) is 4.98 Å². The van der Waals surface area contributed by atoms with Crippen LogP contribution in [0.15, 0.2) is 18.2 Å². The number of H-pyrrole nitrogens is 1. The van der Waals surface area contributed by atoms with Gasteiger partial charge in [-0.15, -0.1) is 11.3 Å². The molecule has 0 aliphatic carbocycles. The Bertz CT molecular complexity index is 695. The number of pyridine rings is 1. The molecule has 2 nitrogen and oxygen atoms in total. The molecule has 0 amide bonds. The molecule has 19 heavy (non-hydrogen) atoms. The molecule has 0 bridgehead atoms. The first-order chi connectivity index (χ1) is 9.06. The largest absolute Gasteiger partial charge is 0.344 e. The normalized spacial score (nSPS) is 10.7. The average molecular weight is 296 g/mol. The molecule has 0 spiro atoms. The standard InChI is InChI=1S/C13H10F2N2S2/c1-2-7-3-4-11(19-7)8-5-10(12(14)15)17-13(18)9(8)6-16/h3-5,12H,2H2,1H3,(H,17,18). The van der Waals surface area contributed by atoms with E-state index in [1.54, 1.807) is 0 Å². The van der Waals surface area contributed by atoms with E-state index in [-0.39, 0.29) is 15.9 Å². The highest BCUT2D eigenvalue weighted by atomic mass is 32.1. The zero-order valence-corrected chi connectivity index (χ0v) is 11.7. The molecule has 0 aromatic carbocycles. The maximum atomic E-state index is 12.8. The SMILES string of the molecule is CCc1ccc(-c2cc(C(F)F)[nH]c(=S)c2C#N)s1. The van der Waals surface area contributed by atoms with E-state index in [1.165, 1.54) is 17.4 Å². The summed E-state index contributed by atoms with van der Waals surface area (Å²) in [5.41, 5.74) is 0.459. The highest BCUT2D eigenvalue weighted by molar-refractivity contribution is 7.71. The molecule has 2 heterocycles. The number of aryl methyl sites for hydroxylation is 1. The molecule has 0 atom stereocenters. The second-order valence-corrected chi connectivity index (χ2v) is 5.45. The summed E-state index contributed by atoms with van der Waals surface area (Å²) in [7, 11) is 0. The maximum absolute atomic E-state index is 12.8. The van der Waals surface area contributed by atoms with Crippen LogP contribution in [0.2, 0.25) is 0 Å². The van der Waals surface area contributed by atoms with Crippen molar-refractivity contribution in [3.63, 3.8) is 0 Å². The third-order valence-corrected chi connectivity index (χ3v) is 4.25. The van der Waals surface area contributed by atoms with Crippen LogP contribution < -0.4 is 0 Å². The summed E-state index contributed by atoms with van der Waals surface area (Å²) in [5.74, 6) is 0. The Labute approximate surface area is 118 Å². The minimum absolute atomic E-state index is 0.0572. The van der Waals surface area contributed by atoms with Gasteiger partial charge in [-0.3, -0.25) is 0 Å². The lowest BCUT2D eigenvalue weighted by atomic mass is 10.1. The number of nitriles is 1. The summed E-state index contributed by atoms with van der Waals surface area (Å²) in [5, 5.41) is 9.13. The van der Waals surface area contributed by atoms with Gasteiger partial charge in [0.2, 0.25) is 0 Å². The quantitative estimate of drug-likeness (QED) is 0.823. The van der Waals surface area contributed by atoms with Gasteiger partial charge in [-0.25, -0.2) is 8.78 Å². The Morgan fingerprint density at radius 2 is 2.21 bits per heavy atom. The molecule has 0 aliphatic rings. The summed E-state index contributed by atoms with van der Waals surface area (Å²) < 4.78 is 25.6. The minimum Gasteiger partial charge on any atom is -0.344 e. The molecule has 2 aromatic rings. The summed E-state index contributed by atoms with van der Waals surface area (Å²) >= 11 is 6.46. The number of rotatable bonds is 3. The van der Waals surface area contributed by atoms with Crippen molar-refractivity contribution < 1.29 is 8.78 Å². The number of alkyl halides is 2. The van der Waals surface area contributed by atoms with Gasteiger partial charge >= 0.3 is 0 Å². The van der Waals surface area contributed by atoms with E-state index >= 15 is 0 Å². The molecule has 0 radical (unpaired) electrons. The Hall–Kier alpha value is -1.58. The summed E-state index contributed by atoms with van der Waals surface area (Å²) in [6, 6.07) is 7.06. The van der Waals surface area contributed by atoms with Gasteiger partial charge in [0, 0.05) is 15.3 Å². The van der Waals surface area contributed by atoms with E-state index in [0.717, 1.165) is 16.2 Å². The molecule has 0 saturated heterocycles. The molecule has 0 unspecified atom stereocenters. The summed E-state index contributed by atoms with van der Waals surface area (Å²) in [6.45, 7) is 2.02. The fourth-order valence-electron chi connectivity index (χ4n) is 1.72. The second kappa shape index (κ2) is 5.59. The first-order valence-electron chi connectivity index (χ1n) is 5.61. The van der Waals surface area contributed by atoms with Crippen molar-refractivity contribution in [1.29, 1.82) is 5.26 Å². The van der Waals surface area contributed by atoms with E-state index in [1.807, 2.05) is 25.1 Å². The topological polar surface area (TPSA) is 39.6 Å². The molecule has 6 heteroatoms. The first-order valence-corrected chi connectivity index (χ1v) is 6.83. The van der Waals surface area contributed by atoms with E-state index in [2.05, 4.69) is 4.98 Å². The summed E-state index contributed by atoms with van der Waals surface area (Å²) in [6.07, 6.45) is -1.77. The molecule has 98 valence electrons. The van der Waals surface area contributed by atoms with Crippen molar-refractivity contribution in [2.24, 2.45) is 0 Å².